The third-order valence-electron chi connectivity index (χ3n) is 2.11. The summed E-state index contributed by atoms with van der Waals surface area (Å²) in [6.07, 6.45) is 7.63. The maximum Gasteiger partial charge on any atom is 0.0700 e. The first kappa shape index (κ1) is 13.9. The van der Waals surface area contributed by atoms with Crippen molar-refractivity contribution >= 4 is 0 Å². The van der Waals surface area contributed by atoms with E-state index < -0.39 is 0 Å². The molecular weight excluding hydrogens is 176 g/mol. The van der Waals surface area contributed by atoms with Crippen LogP contribution in [0, 0.1) is 0 Å². The molecule has 14 heavy (non-hydrogen) atoms. The predicted octanol–water partition coefficient (Wildman–Crippen LogP) is 3.40. The molecule has 0 spiro atoms. The summed E-state index contributed by atoms with van der Waals surface area (Å²) in [4.78, 5) is 0. The molecule has 0 fully saturated rings. The van der Waals surface area contributed by atoms with E-state index in [9.17, 15) is 0 Å². The Morgan fingerprint density at radius 1 is 0.571 bits per heavy atom. The lowest BCUT2D eigenvalue weighted by Crippen LogP contribution is -2.05. The molecule has 0 N–H and O–H groups in total. The molecule has 0 aliphatic heterocycles. The molecule has 0 amide bonds. The van der Waals surface area contributed by atoms with Gasteiger partial charge in [-0.25, -0.2) is 0 Å². The van der Waals surface area contributed by atoms with E-state index in [-0.39, 0.29) is 0 Å². The van der Waals surface area contributed by atoms with Crippen molar-refractivity contribution in [3.63, 3.8) is 0 Å². The topological polar surface area (TPSA) is 18.5 Å². The zero-order chi connectivity index (χ0) is 10.5. The van der Waals surface area contributed by atoms with Crippen molar-refractivity contribution in [2.24, 2.45) is 0 Å². The van der Waals surface area contributed by atoms with Gasteiger partial charge in [-0.05, 0) is 12.8 Å². The van der Waals surface area contributed by atoms with Crippen LogP contribution in [0.25, 0.3) is 0 Å². The Labute approximate surface area is 89.0 Å². The molecule has 0 aromatic heterocycles. The van der Waals surface area contributed by atoms with Gasteiger partial charge in [-0.3, -0.25) is 0 Å². The largest absolute Gasteiger partial charge is 0.379 e. The van der Waals surface area contributed by atoms with E-state index in [1.807, 2.05) is 0 Å². The number of ether oxygens (including phenoxy) is 2. The fourth-order valence-electron chi connectivity index (χ4n) is 1.27. The van der Waals surface area contributed by atoms with Crippen LogP contribution in [0.5, 0.6) is 0 Å². The highest BCUT2D eigenvalue weighted by Crippen LogP contribution is 2.02. The van der Waals surface area contributed by atoms with Crippen molar-refractivity contribution in [3.05, 3.63) is 0 Å². The second kappa shape index (κ2) is 12.9. The summed E-state index contributed by atoms with van der Waals surface area (Å²) in [5, 5.41) is 0. The number of rotatable bonds is 11. The lowest BCUT2D eigenvalue weighted by molar-refractivity contribution is 0.0465. The monoisotopic (exact) mass is 202 g/mol. The molecule has 0 aliphatic rings. The SMILES string of the molecule is CCCCCCCOCCOCCC. The van der Waals surface area contributed by atoms with Crippen LogP contribution in [0.4, 0.5) is 0 Å². The molecule has 86 valence electrons. The first-order chi connectivity index (χ1) is 6.91. The van der Waals surface area contributed by atoms with Crippen molar-refractivity contribution < 1.29 is 9.47 Å². The molecule has 0 bridgehead atoms. The third-order valence-corrected chi connectivity index (χ3v) is 2.11. The molecule has 0 radical (unpaired) electrons. The molecule has 0 unspecified atom stereocenters. The van der Waals surface area contributed by atoms with E-state index in [1.54, 1.807) is 0 Å². The highest BCUT2D eigenvalue weighted by atomic mass is 16.5. The van der Waals surface area contributed by atoms with Gasteiger partial charge in [0.2, 0.25) is 0 Å². The molecule has 0 aromatic carbocycles. The van der Waals surface area contributed by atoms with Gasteiger partial charge in [-0.1, -0.05) is 39.5 Å². The quantitative estimate of drug-likeness (QED) is 0.478. The Kier molecular flexibility index (Phi) is 12.8. The summed E-state index contributed by atoms with van der Waals surface area (Å²) < 4.78 is 10.7. The van der Waals surface area contributed by atoms with Crippen molar-refractivity contribution in [1.29, 1.82) is 0 Å². The summed E-state index contributed by atoms with van der Waals surface area (Å²) in [7, 11) is 0. The first-order valence-corrected chi connectivity index (χ1v) is 6.07. The Balaban J connectivity index is 2.78. The van der Waals surface area contributed by atoms with Gasteiger partial charge in [-0.15, -0.1) is 0 Å². The van der Waals surface area contributed by atoms with Crippen LogP contribution >= 0.6 is 0 Å². The molecule has 0 saturated carbocycles. The van der Waals surface area contributed by atoms with Gasteiger partial charge in [0.15, 0.2) is 0 Å². The molecule has 0 atom stereocenters. The number of hydrogen-bond donors (Lipinski definition) is 0. The van der Waals surface area contributed by atoms with Crippen molar-refractivity contribution in [3.8, 4) is 0 Å². The summed E-state index contributed by atoms with van der Waals surface area (Å²) in [5.74, 6) is 0. The normalized spacial score (nSPS) is 10.7. The van der Waals surface area contributed by atoms with Crippen LogP contribution in [0.2, 0.25) is 0 Å². The van der Waals surface area contributed by atoms with Crippen LogP contribution in [0.15, 0.2) is 0 Å². The van der Waals surface area contributed by atoms with Crippen LogP contribution < -0.4 is 0 Å². The van der Waals surface area contributed by atoms with Crippen molar-refractivity contribution in [1.82, 2.24) is 0 Å². The zero-order valence-corrected chi connectivity index (χ0v) is 9.89. The molecule has 0 aromatic rings. The van der Waals surface area contributed by atoms with Crippen molar-refractivity contribution in [2.75, 3.05) is 26.4 Å². The maximum atomic E-state index is 5.44. The predicted molar refractivity (Wildman–Crippen MR) is 60.7 cm³/mol. The first-order valence-electron chi connectivity index (χ1n) is 6.07. The summed E-state index contributed by atoms with van der Waals surface area (Å²) in [6, 6.07) is 0. The molecule has 0 aliphatic carbocycles. The molecule has 0 saturated heterocycles. The van der Waals surface area contributed by atoms with E-state index >= 15 is 0 Å². The second-order valence-corrected chi connectivity index (χ2v) is 3.64. The Bertz CT molecular complexity index is 82.3. The smallest absolute Gasteiger partial charge is 0.0700 e. The fraction of sp³-hybridized carbons (Fsp3) is 1.00. The molecule has 2 nitrogen and oxygen atoms in total. The molecular formula is C12H26O2. The van der Waals surface area contributed by atoms with Gasteiger partial charge in [0.1, 0.15) is 0 Å². The van der Waals surface area contributed by atoms with E-state index in [0.29, 0.717) is 0 Å². The Morgan fingerprint density at radius 2 is 1.21 bits per heavy atom. The summed E-state index contributed by atoms with van der Waals surface area (Å²) >= 11 is 0. The van der Waals surface area contributed by atoms with Gasteiger partial charge in [0.25, 0.3) is 0 Å². The number of hydrogen-bond acceptors (Lipinski definition) is 2. The molecule has 2 heteroatoms. The summed E-state index contributed by atoms with van der Waals surface area (Å²) in [5.41, 5.74) is 0. The van der Waals surface area contributed by atoms with Crippen LogP contribution in [0.1, 0.15) is 52.4 Å². The lowest BCUT2D eigenvalue weighted by atomic mass is 10.2. The minimum Gasteiger partial charge on any atom is -0.379 e. The van der Waals surface area contributed by atoms with E-state index in [1.165, 1.54) is 32.1 Å². The van der Waals surface area contributed by atoms with Gasteiger partial charge in [0, 0.05) is 13.2 Å². The van der Waals surface area contributed by atoms with Crippen LogP contribution in [-0.2, 0) is 9.47 Å². The van der Waals surface area contributed by atoms with E-state index in [2.05, 4.69) is 13.8 Å². The fourth-order valence-corrected chi connectivity index (χ4v) is 1.27. The minimum absolute atomic E-state index is 0.753. The van der Waals surface area contributed by atoms with Crippen LogP contribution in [0.3, 0.4) is 0 Å². The average Bonchev–Trinajstić information content (AvgIpc) is 2.21. The highest BCUT2D eigenvalue weighted by molar-refractivity contribution is 4.41. The minimum atomic E-state index is 0.753. The number of unbranched alkanes of at least 4 members (excludes halogenated alkanes) is 4. The summed E-state index contributed by atoms with van der Waals surface area (Å²) in [6.45, 7) is 7.63. The standard InChI is InChI=1S/C12H26O2/c1-3-5-6-7-8-10-14-12-11-13-9-4-2/h3-12H2,1-2H3. The lowest BCUT2D eigenvalue weighted by Gasteiger charge is -2.04. The third kappa shape index (κ3) is 11.9. The highest BCUT2D eigenvalue weighted by Gasteiger charge is 1.90. The second-order valence-electron chi connectivity index (χ2n) is 3.64. The Morgan fingerprint density at radius 3 is 1.86 bits per heavy atom. The molecule has 0 heterocycles. The zero-order valence-electron chi connectivity index (χ0n) is 9.89. The van der Waals surface area contributed by atoms with E-state index in [0.717, 1.165) is 32.8 Å². The Hall–Kier alpha value is -0.0800. The maximum absolute atomic E-state index is 5.44. The van der Waals surface area contributed by atoms with E-state index in [4.69, 9.17) is 9.47 Å². The van der Waals surface area contributed by atoms with Gasteiger partial charge < -0.3 is 9.47 Å². The molecule has 0 rings (SSSR count). The van der Waals surface area contributed by atoms with Gasteiger partial charge in [-0.2, -0.15) is 0 Å². The van der Waals surface area contributed by atoms with Gasteiger partial charge >= 0.3 is 0 Å². The average molecular weight is 202 g/mol. The van der Waals surface area contributed by atoms with Crippen molar-refractivity contribution in [2.45, 2.75) is 52.4 Å². The van der Waals surface area contributed by atoms with Crippen LogP contribution in [-0.4, -0.2) is 26.4 Å². The van der Waals surface area contributed by atoms with Gasteiger partial charge in [0.05, 0.1) is 13.2 Å².